The Morgan fingerprint density at radius 1 is 1.11 bits per heavy atom. The van der Waals surface area contributed by atoms with E-state index in [4.69, 9.17) is 4.74 Å². The number of ether oxygens (including phenoxy) is 1. The number of nitrogens with one attached hydrogen (secondary N) is 1. The van der Waals surface area contributed by atoms with Crippen LogP contribution in [0.1, 0.15) is 53.0 Å². The van der Waals surface area contributed by atoms with E-state index in [1.807, 2.05) is 6.92 Å². The highest BCUT2D eigenvalue weighted by Gasteiger charge is 2.22. The quantitative estimate of drug-likeness (QED) is 0.571. The van der Waals surface area contributed by atoms with Crippen LogP contribution in [0.15, 0.2) is 42.5 Å². The number of ketones is 1. The average Bonchev–Trinajstić information content (AvgIpc) is 2.61. The van der Waals surface area contributed by atoms with Crippen molar-refractivity contribution in [2.45, 2.75) is 39.7 Å². The molecule has 2 aromatic rings. The lowest BCUT2D eigenvalue weighted by molar-refractivity contribution is -0.116. The molecule has 0 aromatic heterocycles. The maximum absolute atomic E-state index is 12.5. The molecule has 0 fully saturated rings. The molecule has 6 nitrogen and oxygen atoms in total. The van der Waals surface area contributed by atoms with Gasteiger partial charge in [0.15, 0.2) is 6.10 Å². The highest BCUT2D eigenvalue weighted by atomic mass is 16.5. The third-order valence-electron chi connectivity index (χ3n) is 3.96. The highest BCUT2D eigenvalue weighted by Crippen LogP contribution is 2.20. The summed E-state index contributed by atoms with van der Waals surface area (Å²) in [6, 6.07) is 11.0. The molecule has 0 bridgehead atoms. The van der Waals surface area contributed by atoms with Crippen LogP contribution in [0, 0.1) is 6.92 Å². The molecule has 27 heavy (non-hydrogen) atoms. The summed E-state index contributed by atoms with van der Waals surface area (Å²) in [6.45, 7) is 5.18. The molecule has 142 valence electrons. The van der Waals surface area contributed by atoms with E-state index in [2.05, 4.69) is 5.32 Å². The summed E-state index contributed by atoms with van der Waals surface area (Å²) >= 11 is 0. The fourth-order valence-corrected chi connectivity index (χ4v) is 2.49. The lowest BCUT2D eigenvalue weighted by atomic mass is 10.1. The molecule has 0 aliphatic heterocycles. The molecule has 1 atom stereocenters. The van der Waals surface area contributed by atoms with Crippen LogP contribution in [0.3, 0.4) is 0 Å². The van der Waals surface area contributed by atoms with Gasteiger partial charge in [0.05, 0.1) is 0 Å². The van der Waals surface area contributed by atoms with Gasteiger partial charge in [0, 0.05) is 17.7 Å². The van der Waals surface area contributed by atoms with Gasteiger partial charge in [-0.05, 0) is 62.2 Å². The minimum Gasteiger partial charge on any atom is -0.507 e. The molecule has 2 N–H and O–H groups in total. The SMILES string of the molecule is CCCC(=O)Nc1ccc(C(=O)[C@@H](C)OC(=O)c2ccc(C)cc2O)cc1. The Kier molecular flexibility index (Phi) is 6.71. The number of amides is 1. The van der Waals surface area contributed by atoms with Crippen LogP contribution in [0.2, 0.25) is 0 Å². The first-order valence-electron chi connectivity index (χ1n) is 8.76. The van der Waals surface area contributed by atoms with Crippen molar-refractivity contribution in [1.29, 1.82) is 0 Å². The number of carbonyl (C=O) groups excluding carboxylic acids is 3. The smallest absolute Gasteiger partial charge is 0.342 e. The Morgan fingerprint density at radius 2 is 1.78 bits per heavy atom. The first-order chi connectivity index (χ1) is 12.8. The summed E-state index contributed by atoms with van der Waals surface area (Å²) in [5.74, 6) is -1.42. The number of aromatic hydroxyl groups is 1. The van der Waals surface area contributed by atoms with Crippen LogP contribution in [0.25, 0.3) is 0 Å². The number of anilines is 1. The molecule has 0 aliphatic carbocycles. The topological polar surface area (TPSA) is 92.7 Å². The van der Waals surface area contributed by atoms with Crippen molar-refractivity contribution in [3.63, 3.8) is 0 Å². The van der Waals surface area contributed by atoms with Crippen molar-refractivity contribution in [3.8, 4) is 5.75 Å². The molecular weight excluding hydrogens is 346 g/mol. The van der Waals surface area contributed by atoms with Gasteiger partial charge in [-0.1, -0.05) is 13.0 Å². The molecular formula is C21H23NO5. The van der Waals surface area contributed by atoms with E-state index >= 15 is 0 Å². The summed E-state index contributed by atoms with van der Waals surface area (Å²) < 4.78 is 5.18. The number of rotatable bonds is 7. The summed E-state index contributed by atoms with van der Waals surface area (Å²) in [5, 5.41) is 12.6. The van der Waals surface area contributed by atoms with Crippen LogP contribution in [0.4, 0.5) is 5.69 Å². The fourth-order valence-electron chi connectivity index (χ4n) is 2.49. The number of hydrogen-bond donors (Lipinski definition) is 2. The molecule has 2 aromatic carbocycles. The van der Waals surface area contributed by atoms with Crippen LogP contribution in [-0.4, -0.2) is 28.9 Å². The van der Waals surface area contributed by atoms with Crippen molar-refractivity contribution in [2.24, 2.45) is 0 Å². The summed E-state index contributed by atoms with van der Waals surface area (Å²) in [4.78, 5) is 36.2. The van der Waals surface area contributed by atoms with Gasteiger partial charge in [0.2, 0.25) is 11.7 Å². The third kappa shape index (κ3) is 5.41. The van der Waals surface area contributed by atoms with E-state index in [0.717, 1.165) is 12.0 Å². The van der Waals surface area contributed by atoms with Crippen LogP contribution in [-0.2, 0) is 9.53 Å². The molecule has 0 unspecified atom stereocenters. The van der Waals surface area contributed by atoms with Gasteiger partial charge >= 0.3 is 5.97 Å². The normalized spacial score (nSPS) is 11.5. The third-order valence-corrected chi connectivity index (χ3v) is 3.96. The van der Waals surface area contributed by atoms with E-state index in [1.165, 1.54) is 19.1 Å². The summed E-state index contributed by atoms with van der Waals surface area (Å²) in [6.07, 6.45) is 0.167. The van der Waals surface area contributed by atoms with Crippen LogP contribution < -0.4 is 5.32 Å². The Bertz CT molecular complexity index is 842. The molecule has 1 amide bonds. The Morgan fingerprint density at radius 3 is 2.37 bits per heavy atom. The van der Waals surface area contributed by atoms with Gasteiger partial charge in [0.25, 0.3) is 0 Å². The van der Waals surface area contributed by atoms with Crippen molar-refractivity contribution in [3.05, 3.63) is 59.2 Å². The second kappa shape index (κ2) is 8.98. The first-order valence-corrected chi connectivity index (χ1v) is 8.76. The van der Waals surface area contributed by atoms with Gasteiger partial charge in [-0.25, -0.2) is 4.79 Å². The Labute approximate surface area is 158 Å². The molecule has 2 rings (SSSR count). The Hall–Kier alpha value is -3.15. The lowest BCUT2D eigenvalue weighted by Crippen LogP contribution is -2.24. The highest BCUT2D eigenvalue weighted by molar-refractivity contribution is 6.02. The fraction of sp³-hybridized carbons (Fsp3) is 0.286. The predicted octanol–water partition coefficient (Wildman–Crippen LogP) is 3.87. The van der Waals surface area contributed by atoms with E-state index in [9.17, 15) is 19.5 Å². The molecule has 0 spiro atoms. The van der Waals surface area contributed by atoms with Crippen molar-refractivity contribution in [1.82, 2.24) is 0 Å². The van der Waals surface area contributed by atoms with Gasteiger partial charge in [-0.2, -0.15) is 0 Å². The number of carbonyl (C=O) groups is 3. The number of Topliss-reactive ketones (excluding diaryl/α,β-unsaturated/α-hetero) is 1. The van der Waals surface area contributed by atoms with Gasteiger partial charge in [-0.15, -0.1) is 0 Å². The van der Waals surface area contributed by atoms with E-state index in [1.54, 1.807) is 37.3 Å². The second-order valence-electron chi connectivity index (χ2n) is 6.31. The molecule has 6 heteroatoms. The van der Waals surface area contributed by atoms with Gasteiger partial charge in [-0.3, -0.25) is 9.59 Å². The molecule has 0 aliphatic rings. The Balaban J connectivity index is 2.02. The predicted molar refractivity (Wildman–Crippen MR) is 102 cm³/mol. The van der Waals surface area contributed by atoms with E-state index in [-0.39, 0.29) is 23.0 Å². The summed E-state index contributed by atoms with van der Waals surface area (Å²) in [7, 11) is 0. The monoisotopic (exact) mass is 369 g/mol. The van der Waals surface area contributed by atoms with Gasteiger partial charge < -0.3 is 15.2 Å². The zero-order valence-corrected chi connectivity index (χ0v) is 15.6. The average molecular weight is 369 g/mol. The zero-order valence-electron chi connectivity index (χ0n) is 15.6. The van der Waals surface area contributed by atoms with Gasteiger partial charge in [0.1, 0.15) is 11.3 Å². The molecule has 0 radical (unpaired) electrons. The maximum Gasteiger partial charge on any atom is 0.342 e. The van der Waals surface area contributed by atoms with Crippen molar-refractivity contribution >= 4 is 23.3 Å². The summed E-state index contributed by atoms with van der Waals surface area (Å²) in [5.41, 5.74) is 1.77. The number of phenols is 1. The first kappa shape index (κ1) is 20.2. The molecule has 0 saturated carbocycles. The minimum atomic E-state index is -1.02. The standard InChI is InChI=1S/C21H23NO5/c1-4-5-19(24)22-16-9-7-15(8-10-16)20(25)14(3)27-21(26)17-11-6-13(2)12-18(17)23/h6-12,14,23H,4-5H2,1-3H3,(H,22,24)/t14-/m1/s1. The number of benzene rings is 2. The minimum absolute atomic E-state index is 0.00855. The van der Waals surface area contributed by atoms with Crippen molar-refractivity contribution < 1.29 is 24.2 Å². The van der Waals surface area contributed by atoms with Crippen LogP contribution >= 0.6 is 0 Å². The van der Waals surface area contributed by atoms with Crippen molar-refractivity contribution in [2.75, 3.05) is 5.32 Å². The van der Waals surface area contributed by atoms with E-state index in [0.29, 0.717) is 17.7 Å². The lowest BCUT2D eigenvalue weighted by Gasteiger charge is -2.13. The number of esters is 1. The second-order valence-corrected chi connectivity index (χ2v) is 6.31. The maximum atomic E-state index is 12.5. The number of phenolic OH excluding ortho intramolecular Hbond substituents is 1. The zero-order chi connectivity index (χ0) is 20.0. The number of aryl methyl sites for hydroxylation is 1. The largest absolute Gasteiger partial charge is 0.507 e. The number of hydrogen-bond acceptors (Lipinski definition) is 5. The van der Waals surface area contributed by atoms with Crippen LogP contribution in [0.5, 0.6) is 5.75 Å². The molecule has 0 heterocycles. The molecule has 0 saturated heterocycles. The van der Waals surface area contributed by atoms with E-state index < -0.39 is 12.1 Å².